The van der Waals surface area contributed by atoms with Crippen LogP contribution in [0.25, 0.3) is 5.57 Å². The van der Waals surface area contributed by atoms with Crippen molar-refractivity contribution in [2.75, 3.05) is 0 Å². The molecule has 128 valence electrons. The van der Waals surface area contributed by atoms with Gasteiger partial charge in [-0.1, -0.05) is 37.8 Å². The van der Waals surface area contributed by atoms with Crippen LogP contribution < -0.4 is 0 Å². The minimum Gasteiger partial charge on any atom is -0.0949 e. The number of benzene rings is 2. The lowest BCUT2D eigenvalue weighted by molar-refractivity contribution is 0.642. The fourth-order valence-electron chi connectivity index (χ4n) is 3.71. The maximum absolute atomic E-state index is 4.52. The number of hydrogen-bond donors (Lipinski definition) is 0. The molecule has 0 aliphatic rings. The molecule has 2 rings (SSSR count). The minimum absolute atomic E-state index is 0.492. The monoisotopic (exact) mass is 320 g/mol. The van der Waals surface area contributed by atoms with E-state index in [1.165, 1.54) is 50.1 Å². The fourth-order valence-corrected chi connectivity index (χ4v) is 3.71. The molecule has 2 aromatic carbocycles. The summed E-state index contributed by atoms with van der Waals surface area (Å²) >= 11 is 0. The summed E-state index contributed by atoms with van der Waals surface area (Å²) < 4.78 is 0. The van der Waals surface area contributed by atoms with Crippen LogP contribution >= 0.6 is 0 Å². The smallest absolute Gasteiger partial charge is 0.0124 e. The van der Waals surface area contributed by atoms with Crippen LogP contribution in [0, 0.1) is 47.5 Å². The van der Waals surface area contributed by atoms with Crippen LogP contribution in [-0.2, 0) is 6.42 Å². The van der Waals surface area contributed by atoms with E-state index in [2.05, 4.69) is 79.3 Å². The Hall–Kier alpha value is -1.82. The Balaban J connectivity index is 2.36. The van der Waals surface area contributed by atoms with E-state index in [9.17, 15) is 0 Å². The van der Waals surface area contributed by atoms with Gasteiger partial charge in [-0.25, -0.2) is 0 Å². The summed E-state index contributed by atoms with van der Waals surface area (Å²) in [4.78, 5) is 0. The molecule has 0 radical (unpaired) electrons. The summed E-state index contributed by atoms with van der Waals surface area (Å²) in [5.41, 5.74) is 12.4. The van der Waals surface area contributed by atoms with Crippen molar-refractivity contribution in [1.82, 2.24) is 0 Å². The average molecular weight is 321 g/mol. The minimum atomic E-state index is 0.492. The van der Waals surface area contributed by atoms with Gasteiger partial charge in [0.2, 0.25) is 0 Å². The molecule has 0 nitrogen and oxygen atoms in total. The first-order valence-corrected chi connectivity index (χ1v) is 9.08. The second kappa shape index (κ2) is 7.38. The second-order valence-corrected chi connectivity index (χ2v) is 7.39. The molecule has 0 heterocycles. The molecule has 0 amide bonds. The van der Waals surface area contributed by atoms with Gasteiger partial charge in [-0.15, -0.1) is 0 Å². The van der Waals surface area contributed by atoms with Gasteiger partial charge in [0, 0.05) is 0 Å². The quantitative estimate of drug-likeness (QED) is 0.567. The van der Waals surface area contributed by atoms with E-state index in [0.29, 0.717) is 5.92 Å². The molecule has 0 aromatic heterocycles. The molecule has 0 aliphatic carbocycles. The maximum Gasteiger partial charge on any atom is -0.0124 e. The Labute approximate surface area is 148 Å². The molecule has 0 heteroatoms. The van der Waals surface area contributed by atoms with E-state index in [-0.39, 0.29) is 0 Å². The molecule has 0 bridgehead atoms. The number of aryl methyl sites for hydroxylation is 4. The van der Waals surface area contributed by atoms with Gasteiger partial charge in [0.05, 0.1) is 0 Å². The Bertz CT molecular complexity index is 762. The highest BCUT2D eigenvalue weighted by Crippen LogP contribution is 2.34. The zero-order chi connectivity index (χ0) is 18.0. The summed E-state index contributed by atoms with van der Waals surface area (Å²) in [5, 5.41) is 0. The van der Waals surface area contributed by atoms with Crippen molar-refractivity contribution in [3.05, 3.63) is 75.4 Å². The third kappa shape index (κ3) is 3.64. The Morgan fingerprint density at radius 1 is 0.833 bits per heavy atom. The summed E-state index contributed by atoms with van der Waals surface area (Å²) in [6.07, 6.45) is 2.19. The first-order valence-electron chi connectivity index (χ1n) is 9.08. The molecule has 0 saturated heterocycles. The van der Waals surface area contributed by atoms with Gasteiger partial charge in [-0.2, -0.15) is 0 Å². The summed E-state index contributed by atoms with van der Waals surface area (Å²) in [7, 11) is 0. The molecule has 0 aliphatic heterocycles. The zero-order valence-electron chi connectivity index (χ0n) is 16.5. The van der Waals surface area contributed by atoms with Gasteiger partial charge in [0.15, 0.2) is 0 Å². The summed E-state index contributed by atoms with van der Waals surface area (Å²) in [5.74, 6) is 0.492. The summed E-state index contributed by atoms with van der Waals surface area (Å²) in [6, 6.07) is 9.17. The van der Waals surface area contributed by atoms with Crippen molar-refractivity contribution < 1.29 is 0 Å². The highest BCUT2D eigenvalue weighted by Gasteiger charge is 2.18. The van der Waals surface area contributed by atoms with E-state index in [1.54, 1.807) is 0 Å². The lowest BCUT2D eigenvalue weighted by Crippen LogP contribution is -2.09. The van der Waals surface area contributed by atoms with Crippen LogP contribution in [-0.4, -0.2) is 0 Å². The average Bonchev–Trinajstić information content (AvgIpc) is 2.53. The highest BCUT2D eigenvalue weighted by molar-refractivity contribution is 5.72. The molecule has 0 N–H and O–H groups in total. The number of hydrogen-bond acceptors (Lipinski definition) is 0. The molecule has 0 fully saturated rings. The third-order valence-electron chi connectivity index (χ3n) is 5.72. The van der Waals surface area contributed by atoms with Gasteiger partial charge < -0.3 is 0 Å². The van der Waals surface area contributed by atoms with Crippen molar-refractivity contribution in [2.24, 2.45) is 5.92 Å². The number of rotatable bonds is 5. The van der Waals surface area contributed by atoms with E-state index >= 15 is 0 Å². The third-order valence-corrected chi connectivity index (χ3v) is 5.72. The Morgan fingerprint density at radius 3 is 2.08 bits per heavy atom. The van der Waals surface area contributed by atoms with E-state index in [4.69, 9.17) is 0 Å². The largest absolute Gasteiger partial charge is 0.0949 e. The van der Waals surface area contributed by atoms with Crippen LogP contribution in [0.1, 0.15) is 57.9 Å². The van der Waals surface area contributed by atoms with Crippen LogP contribution in [0.15, 0.2) is 30.8 Å². The lowest BCUT2D eigenvalue weighted by atomic mass is 9.81. The van der Waals surface area contributed by atoms with Crippen LogP contribution in [0.5, 0.6) is 0 Å². The molecular weight excluding hydrogens is 288 g/mol. The Kier molecular flexibility index (Phi) is 5.70. The van der Waals surface area contributed by atoms with E-state index in [0.717, 1.165) is 12.8 Å². The van der Waals surface area contributed by atoms with Crippen molar-refractivity contribution >= 4 is 5.57 Å². The second-order valence-electron chi connectivity index (χ2n) is 7.39. The first-order chi connectivity index (χ1) is 11.3. The predicted octanol–water partition coefficient (Wildman–Crippen LogP) is 6.82. The van der Waals surface area contributed by atoms with Gasteiger partial charge in [0.25, 0.3) is 0 Å². The molecule has 2 aromatic rings. The van der Waals surface area contributed by atoms with Crippen molar-refractivity contribution in [3.63, 3.8) is 0 Å². The predicted molar refractivity (Wildman–Crippen MR) is 108 cm³/mol. The topological polar surface area (TPSA) is 0 Å². The van der Waals surface area contributed by atoms with Crippen LogP contribution in [0.2, 0.25) is 0 Å². The molecule has 1 unspecified atom stereocenters. The molecule has 24 heavy (non-hydrogen) atoms. The van der Waals surface area contributed by atoms with E-state index in [1.807, 2.05) is 0 Å². The summed E-state index contributed by atoms with van der Waals surface area (Å²) in [6.45, 7) is 20.1. The number of allylic oxidation sites excluding steroid dienone is 1. The standard InChI is InChI=1S/C24H32/c1-9-23(14-22-11-10-15(2)16(3)13-22)21(8)24-18(5)12-17(4)19(6)20(24)7/h10-13,23H,8-9,14H2,1-7H3. The lowest BCUT2D eigenvalue weighted by Gasteiger charge is -2.24. The van der Waals surface area contributed by atoms with Crippen molar-refractivity contribution in [1.29, 1.82) is 0 Å². The molecule has 0 saturated carbocycles. The Morgan fingerprint density at radius 2 is 1.50 bits per heavy atom. The molecule has 1 atom stereocenters. The van der Waals surface area contributed by atoms with Crippen LogP contribution in [0.3, 0.4) is 0 Å². The first kappa shape index (κ1) is 18.5. The SMILES string of the molecule is C=C(c1c(C)cc(C)c(C)c1C)C(CC)Cc1ccc(C)c(C)c1. The van der Waals surface area contributed by atoms with Gasteiger partial charge >= 0.3 is 0 Å². The van der Waals surface area contributed by atoms with Gasteiger partial charge in [0.1, 0.15) is 0 Å². The fraction of sp³-hybridized carbons (Fsp3) is 0.417. The normalized spacial score (nSPS) is 12.3. The zero-order valence-corrected chi connectivity index (χ0v) is 16.5. The molecular formula is C24H32. The van der Waals surface area contributed by atoms with Crippen molar-refractivity contribution in [3.8, 4) is 0 Å². The van der Waals surface area contributed by atoms with Gasteiger partial charge in [-0.05, 0) is 110 Å². The van der Waals surface area contributed by atoms with Gasteiger partial charge in [-0.3, -0.25) is 0 Å². The van der Waals surface area contributed by atoms with Crippen molar-refractivity contribution in [2.45, 2.75) is 61.3 Å². The van der Waals surface area contributed by atoms with E-state index < -0.39 is 0 Å². The van der Waals surface area contributed by atoms with Crippen LogP contribution in [0.4, 0.5) is 0 Å². The molecule has 0 spiro atoms. The highest BCUT2D eigenvalue weighted by atomic mass is 14.2. The maximum atomic E-state index is 4.52.